The van der Waals surface area contributed by atoms with E-state index < -0.39 is 16.0 Å². The Hall–Kier alpha value is -0.130. The summed E-state index contributed by atoms with van der Waals surface area (Å²) < 4.78 is 9.09. The third-order valence-electron chi connectivity index (χ3n) is 5.15. The highest BCUT2D eigenvalue weighted by atomic mass is 127. The van der Waals surface area contributed by atoms with Crippen LogP contribution in [0.4, 0.5) is 0 Å². The van der Waals surface area contributed by atoms with Gasteiger partial charge in [0.15, 0.2) is 5.94 Å². The van der Waals surface area contributed by atoms with Crippen molar-refractivity contribution in [3.63, 3.8) is 0 Å². The van der Waals surface area contributed by atoms with Crippen LogP contribution in [-0.2, 0) is 4.52 Å². The maximum Gasteiger partial charge on any atom is 0.173 e. The van der Waals surface area contributed by atoms with Gasteiger partial charge in [-0.05, 0) is 75.2 Å². The van der Waals surface area contributed by atoms with E-state index in [9.17, 15) is 0 Å². The maximum atomic E-state index is 6.47. The molecular weight excluding hydrogens is 448 g/mol. The van der Waals surface area contributed by atoms with Gasteiger partial charge in [-0.3, -0.25) is 0 Å². The highest BCUT2D eigenvalue weighted by Gasteiger charge is 2.46. The zero-order valence-corrected chi connectivity index (χ0v) is 17.7. The molecule has 2 aromatic carbocycles. The topological polar surface area (TPSA) is 12.5 Å². The normalized spacial score (nSPS) is 28.0. The summed E-state index contributed by atoms with van der Waals surface area (Å²) in [5.41, 5.74) is 0. The Bertz CT molecular complexity index is 647. The summed E-state index contributed by atoms with van der Waals surface area (Å²) in [5, 5.41) is 0. The van der Waals surface area contributed by atoms with Crippen LogP contribution in [0.5, 0.6) is 0 Å². The molecule has 0 aliphatic carbocycles. The quantitative estimate of drug-likeness (QED) is 0.397. The molecule has 2 saturated heterocycles. The van der Waals surface area contributed by atoms with Crippen molar-refractivity contribution in [2.24, 2.45) is 0 Å². The Labute approximate surface area is 160 Å². The molecule has 1 unspecified atom stereocenters. The fourth-order valence-corrected chi connectivity index (χ4v) is 10.9. The van der Waals surface area contributed by atoms with Crippen molar-refractivity contribution >= 4 is 38.0 Å². The van der Waals surface area contributed by atoms with Gasteiger partial charge in [0.2, 0.25) is 0 Å². The fourth-order valence-electron chi connectivity index (χ4n) is 3.83. The zero-order chi connectivity index (χ0) is 16.6. The van der Waals surface area contributed by atoms with Crippen molar-refractivity contribution in [1.82, 2.24) is 4.67 Å². The molecule has 0 saturated carbocycles. The minimum Gasteiger partial charge on any atom is -0.330 e. The average molecular weight is 471 g/mol. The monoisotopic (exact) mass is 471 g/mol. The van der Waals surface area contributed by atoms with E-state index in [1.807, 2.05) is 0 Å². The highest BCUT2D eigenvalue weighted by molar-refractivity contribution is 14.2. The lowest BCUT2D eigenvalue weighted by atomic mass is 10.1. The summed E-state index contributed by atoms with van der Waals surface area (Å²) in [6, 6.07) is 22.8. The van der Waals surface area contributed by atoms with Crippen molar-refractivity contribution in [3.05, 3.63) is 60.7 Å². The lowest BCUT2D eigenvalue weighted by molar-refractivity contribution is 0.237. The Balaban J connectivity index is 1.69. The second-order valence-electron chi connectivity index (χ2n) is 6.62. The molecule has 5 heteroatoms. The Morgan fingerprint density at radius 2 is 1.67 bits per heavy atom. The SMILES string of the molecule is CS(C[C@@H]1OP(I)N2CCC[C@H]12)(c1ccccc1)c1ccccc1. The maximum absolute atomic E-state index is 6.47. The highest BCUT2D eigenvalue weighted by Crippen LogP contribution is 2.66. The summed E-state index contributed by atoms with van der Waals surface area (Å²) in [7, 11) is -1.09. The molecule has 0 radical (unpaired) electrons. The molecule has 0 aromatic heterocycles. The third kappa shape index (κ3) is 3.16. The molecule has 2 nitrogen and oxygen atoms in total. The molecular formula is C19H23INOPS. The van der Waals surface area contributed by atoms with Crippen molar-refractivity contribution in [1.29, 1.82) is 0 Å². The van der Waals surface area contributed by atoms with Gasteiger partial charge in [-0.2, -0.15) is 10.0 Å². The molecule has 0 spiro atoms. The number of hydrogen-bond acceptors (Lipinski definition) is 2. The molecule has 0 amide bonds. The number of nitrogens with zero attached hydrogens (tertiary/aromatic N) is 1. The Morgan fingerprint density at radius 3 is 2.25 bits per heavy atom. The summed E-state index contributed by atoms with van der Waals surface area (Å²) >= 11 is 2.52. The van der Waals surface area contributed by atoms with Crippen LogP contribution in [0, 0.1) is 0 Å². The Morgan fingerprint density at radius 1 is 1.08 bits per heavy atom. The minimum atomic E-state index is -1.09. The second kappa shape index (κ2) is 7.24. The van der Waals surface area contributed by atoms with Gasteiger partial charge in [-0.25, -0.2) is 4.67 Å². The summed E-state index contributed by atoms with van der Waals surface area (Å²) in [5.74, 6) is 0.710. The van der Waals surface area contributed by atoms with Gasteiger partial charge < -0.3 is 4.52 Å². The lowest BCUT2D eigenvalue weighted by Gasteiger charge is -2.39. The molecule has 3 atom stereocenters. The van der Waals surface area contributed by atoms with E-state index in [2.05, 4.69) is 93.6 Å². The van der Waals surface area contributed by atoms with E-state index in [1.165, 1.54) is 29.2 Å². The van der Waals surface area contributed by atoms with E-state index in [4.69, 9.17) is 4.52 Å². The smallest absolute Gasteiger partial charge is 0.173 e. The van der Waals surface area contributed by atoms with E-state index in [0.29, 0.717) is 12.1 Å². The van der Waals surface area contributed by atoms with E-state index in [0.717, 1.165) is 5.75 Å². The van der Waals surface area contributed by atoms with Gasteiger partial charge in [0, 0.05) is 18.3 Å². The third-order valence-corrected chi connectivity index (χ3v) is 12.5. The molecule has 0 N–H and O–H groups in total. The number of hydrogen-bond donors (Lipinski definition) is 0. The molecule has 4 rings (SSSR count). The largest absolute Gasteiger partial charge is 0.330 e. The minimum absolute atomic E-state index is 0.371. The summed E-state index contributed by atoms with van der Waals surface area (Å²) in [6.45, 7) is 1.22. The molecule has 128 valence electrons. The number of fused-ring (bicyclic) bond motifs is 1. The molecule has 0 bridgehead atoms. The van der Waals surface area contributed by atoms with Crippen LogP contribution in [0.2, 0.25) is 0 Å². The first kappa shape index (κ1) is 17.3. The first-order valence-corrected chi connectivity index (χ1v) is 14.6. The molecule has 2 heterocycles. The van der Waals surface area contributed by atoms with Crippen LogP contribution >= 0.6 is 38.0 Å². The Kier molecular flexibility index (Phi) is 5.22. The van der Waals surface area contributed by atoms with E-state index in [1.54, 1.807) is 0 Å². The van der Waals surface area contributed by atoms with Crippen LogP contribution in [-0.4, -0.2) is 35.4 Å². The van der Waals surface area contributed by atoms with Crippen LogP contribution in [0.15, 0.2) is 70.5 Å². The zero-order valence-electron chi connectivity index (χ0n) is 13.8. The standard InChI is InChI=1S/C19H23INOPS/c1-24(16-9-4-2-5-10-16,17-11-6-3-7-12-17)15-19-18-13-8-14-21(18)23(20)22-19/h2-7,9-12,18-19H,8,13-15H2,1H3/t18-,19+,23?/m1/s1. The molecule has 2 aliphatic rings. The first-order chi connectivity index (χ1) is 11.7. The first-order valence-electron chi connectivity index (χ1n) is 8.44. The van der Waals surface area contributed by atoms with E-state index >= 15 is 0 Å². The van der Waals surface area contributed by atoms with Gasteiger partial charge in [-0.15, -0.1) is 0 Å². The predicted molar refractivity (Wildman–Crippen MR) is 113 cm³/mol. The molecule has 2 fully saturated rings. The van der Waals surface area contributed by atoms with E-state index in [-0.39, 0.29) is 0 Å². The van der Waals surface area contributed by atoms with Gasteiger partial charge in [0.1, 0.15) is 0 Å². The molecule has 24 heavy (non-hydrogen) atoms. The molecule has 2 aliphatic heterocycles. The van der Waals surface area contributed by atoms with Crippen molar-refractivity contribution in [2.75, 3.05) is 18.6 Å². The van der Waals surface area contributed by atoms with Crippen LogP contribution in [0.1, 0.15) is 12.8 Å². The lowest BCUT2D eigenvalue weighted by Crippen LogP contribution is -2.32. The fraction of sp³-hybridized carbons (Fsp3) is 0.368. The van der Waals surface area contributed by atoms with Crippen LogP contribution in [0.3, 0.4) is 0 Å². The summed E-state index contributed by atoms with van der Waals surface area (Å²) in [4.78, 5) is 2.93. The second-order valence-corrected chi connectivity index (χ2v) is 13.7. The van der Waals surface area contributed by atoms with Gasteiger partial charge >= 0.3 is 0 Å². The summed E-state index contributed by atoms with van der Waals surface area (Å²) in [6.07, 6.45) is 5.46. The average Bonchev–Trinajstić information content (AvgIpc) is 3.22. The van der Waals surface area contributed by atoms with Gasteiger partial charge in [-0.1, -0.05) is 36.4 Å². The van der Waals surface area contributed by atoms with Crippen LogP contribution in [0.25, 0.3) is 0 Å². The predicted octanol–water partition coefficient (Wildman–Crippen LogP) is 6.06. The van der Waals surface area contributed by atoms with Crippen molar-refractivity contribution in [3.8, 4) is 0 Å². The number of rotatable bonds is 4. The van der Waals surface area contributed by atoms with Crippen LogP contribution < -0.4 is 0 Å². The van der Waals surface area contributed by atoms with Gasteiger partial charge in [0.25, 0.3) is 0 Å². The van der Waals surface area contributed by atoms with Crippen molar-refractivity contribution in [2.45, 2.75) is 34.8 Å². The number of halogens is 1. The molecule has 2 aromatic rings. The van der Waals surface area contributed by atoms with Gasteiger partial charge in [0.05, 0.1) is 6.10 Å². The number of benzene rings is 2. The van der Waals surface area contributed by atoms with Crippen molar-refractivity contribution < 1.29 is 4.52 Å².